The molecule has 182 valence electrons. The van der Waals surface area contributed by atoms with Gasteiger partial charge >= 0.3 is 6.18 Å². The van der Waals surface area contributed by atoms with Crippen LogP contribution in [-0.4, -0.2) is 0 Å². The molecule has 0 radical (unpaired) electrons. The van der Waals surface area contributed by atoms with Crippen LogP contribution in [0.5, 0.6) is 0 Å². The zero-order valence-corrected chi connectivity index (χ0v) is 19.1. The van der Waals surface area contributed by atoms with E-state index < -0.39 is 40.5 Å². The summed E-state index contributed by atoms with van der Waals surface area (Å²) in [5, 5.41) is -0.935. The molecule has 0 amide bonds. The van der Waals surface area contributed by atoms with Crippen LogP contribution in [0.15, 0.2) is 18.2 Å². The molecule has 0 N–H and O–H groups in total. The number of unbranched alkanes of at least 4 members (excludes halogenated alkanes) is 3. The lowest BCUT2D eigenvalue weighted by Gasteiger charge is -2.43. The van der Waals surface area contributed by atoms with Crippen molar-refractivity contribution in [3.05, 3.63) is 46.8 Å². The summed E-state index contributed by atoms with van der Waals surface area (Å²) in [7, 11) is 0. The molecule has 0 aromatic heterocycles. The van der Waals surface area contributed by atoms with Crippen LogP contribution in [0, 0.1) is 35.2 Å². The zero-order chi connectivity index (χ0) is 23.8. The molecule has 2 aromatic rings. The van der Waals surface area contributed by atoms with Crippen LogP contribution in [-0.2, 0) is 6.18 Å². The number of hydrogen-bond acceptors (Lipinski definition) is 0. The number of alkyl halides is 3. The van der Waals surface area contributed by atoms with Crippen molar-refractivity contribution >= 4 is 10.8 Å². The van der Waals surface area contributed by atoms with E-state index in [0.717, 1.165) is 31.7 Å². The Kier molecular flexibility index (Phi) is 7.30. The van der Waals surface area contributed by atoms with Crippen LogP contribution in [0.2, 0.25) is 0 Å². The van der Waals surface area contributed by atoms with Gasteiger partial charge < -0.3 is 0 Å². The molecule has 0 nitrogen and oxygen atoms in total. The fourth-order valence-corrected chi connectivity index (χ4v) is 6.43. The van der Waals surface area contributed by atoms with Crippen LogP contribution in [0.3, 0.4) is 0 Å². The van der Waals surface area contributed by atoms with Crippen LogP contribution < -0.4 is 0 Å². The first kappa shape index (κ1) is 24.4. The quantitative estimate of drug-likeness (QED) is 0.291. The fourth-order valence-electron chi connectivity index (χ4n) is 6.43. The molecule has 33 heavy (non-hydrogen) atoms. The molecule has 2 saturated carbocycles. The first-order valence-corrected chi connectivity index (χ1v) is 12.4. The lowest BCUT2D eigenvalue weighted by molar-refractivity contribution is -0.140. The minimum atomic E-state index is -4.94. The maximum atomic E-state index is 15.0. The van der Waals surface area contributed by atoms with E-state index in [4.69, 9.17) is 0 Å². The lowest BCUT2D eigenvalue weighted by Crippen LogP contribution is -2.31. The molecule has 0 saturated heterocycles. The van der Waals surface area contributed by atoms with Crippen molar-refractivity contribution in [2.75, 3.05) is 0 Å². The van der Waals surface area contributed by atoms with Gasteiger partial charge in [0.05, 0.1) is 10.9 Å². The number of hydrogen-bond donors (Lipinski definition) is 0. The van der Waals surface area contributed by atoms with Crippen molar-refractivity contribution in [1.82, 2.24) is 0 Å². The van der Waals surface area contributed by atoms with Gasteiger partial charge in [-0.25, -0.2) is 13.2 Å². The molecule has 2 aliphatic rings. The van der Waals surface area contributed by atoms with Crippen molar-refractivity contribution in [2.24, 2.45) is 17.8 Å². The van der Waals surface area contributed by atoms with Crippen molar-refractivity contribution < 1.29 is 26.3 Å². The number of halogens is 6. The molecule has 4 rings (SSSR count). The highest BCUT2D eigenvalue weighted by atomic mass is 19.4. The van der Waals surface area contributed by atoms with Crippen molar-refractivity contribution in [1.29, 1.82) is 0 Å². The summed E-state index contributed by atoms with van der Waals surface area (Å²) < 4.78 is 84.8. The molecule has 0 heterocycles. The average molecular weight is 471 g/mol. The maximum absolute atomic E-state index is 15.0. The van der Waals surface area contributed by atoms with E-state index in [9.17, 15) is 22.0 Å². The molecule has 2 aromatic carbocycles. The molecule has 0 bridgehead atoms. The Bertz CT molecular complexity index is 979. The van der Waals surface area contributed by atoms with E-state index >= 15 is 4.39 Å². The minimum Gasteiger partial charge on any atom is -0.207 e. The highest BCUT2D eigenvalue weighted by molar-refractivity contribution is 5.86. The predicted octanol–water partition coefficient (Wildman–Crippen LogP) is 9.55. The van der Waals surface area contributed by atoms with Crippen molar-refractivity contribution in [2.45, 2.75) is 89.6 Å². The van der Waals surface area contributed by atoms with Gasteiger partial charge in [-0.3, -0.25) is 0 Å². The normalized spacial score (nSPS) is 25.9. The smallest absolute Gasteiger partial charge is 0.207 e. The molecule has 0 spiro atoms. The zero-order valence-electron chi connectivity index (χ0n) is 19.1. The first-order chi connectivity index (χ1) is 15.7. The summed E-state index contributed by atoms with van der Waals surface area (Å²) >= 11 is 0. The standard InChI is InChI=1S/C27H32F6/c1-2-3-4-5-6-16-7-8-18-12-19(10-9-17(18)11-16)22-14-20-13-21(28)15-23(29)24(20)26(30)25(22)27(31,32)33/h13-19H,2-12H2,1H3. The Balaban J connectivity index is 1.57. The number of rotatable bonds is 6. The maximum Gasteiger partial charge on any atom is 0.419 e. The Labute approximate surface area is 191 Å². The summed E-state index contributed by atoms with van der Waals surface area (Å²) in [5.74, 6) is -2.75. The third-order valence-electron chi connectivity index (χ3n) is 8.04. The van der Waals surface area contributed by atoms with Crippen LogP contribution in [0.1, 0.15) is 94.6 Å². The van der Waals surface area contributed by atoms with Gasteiger partial charge in [-0.15, -0.1) is 0 Å². The van der Waals surface area contributed by atoms with Crippen molar-refractivity contribution in [3.8, 4) is 0 Å². The van der Waals surface area contributed by atoms with Gasteiger partial charge in [0, 0.05) is 6.07 Å². The third-order valence-corrected chi connectivity index (χ3v) is 8.04. The SMILES string of the molecule is CCCCCCC1CCC2CC(c3cc4cc(F)cc(F)c4c(F)c3C(F)(F)F)CCC2C1. The highest BCUT2D eigenvalue weighted by Gasteiger charge is 2.43. The molecular weight excluding hydrogens is 438 g/mol. The van der Waals surface area contributed by atoms with Crippen LogP contribution in [0.4, 0.5) is 26.3 Å². The summed E-state index contributed by atoms with van der Waals surface area (Å²) in [5.41, 5.74) is -1.52. The second-order valence-electron chi connectivity index (χ2n) is 10.2. The molecule has 2 fully saturated rings. The average Bonchev–Trinajstić information content (AvgIpc) is 2.74. The van der Waals surface area contributed by atoms with E-state index in [1.165, 1.54) is 38.2 Å². The Hall–Kier alpha value is -1.72. The van der Waals surface area contributed by atoms with Gasteiger partial charge in [0.15, 0.2) is 0 Å². The van der Waals surface area contributed by atoms with Gasteiger partial charge in [0.1, 0.15) is 17.5 Å². The molecule has 0 aliphatic heterocycles. The molecule has 4 atom stereocenters. The van der Waals surface area contributed by atoms with E-state index in [2.05, 4.69) is 6.92 Å². The van der Waals surface area contributed by atoms with E-state index in [1.54, 1.807) is 0 Å². The van der Waals surface area contributed by atoms with Crippen LogP contribution >= 0.6 is 0 Å². The topological polar surface area (TPSA) is 0 Å². The number of fused-ring (bicyclic) bond motifs is 2. The summed E-state index contributed by atoms with van der Waals surface area (Å²) in [6, 6.07) is 2.52. The van der Waals surface area contributed by atoms with Crippen molar-refractivity contribution in [3.63, 3.8) is 0 Å². The predicted molar refractivity (Wildman–Crippen MR) is 118 cm³/mol. The van der Waals surface area contributed by atoms with Gasteiger partial charge in [0.25, 0.3) is 0 Å². The van der Waals surface area contributed by atoms with Gasteiger partial charge in [-0.05, 0) is 78.9 Å². The first-order valence-electron chi connectivity index (χ1n) is 12.4. The minimum absolute atomic E-state index is 0.141. The summed E-state index contributed by atoms with van der Waals surface area (Å²) in [6.07, 6.45) is 6.48. The largest absolute Gasteiger partial charge is 0.419 e. The molecule has 6 heteroatoms. The Morgan fingerprint density at radius 1 is 0.848 bits per heavy atom. The summed E-state index contributed by atoms with van der Waals surface area (Å²) in [6.45, 7) is 2.20. The van der Waals surface area contributed by atoms with Gasteiger partial charge in [0.2, 0.25) is 0 Å². The molecule has 2 aliphatic carbocycles. The van der Waals surface area contributed by atoms with E-state index in [1.807, 2.05) is 0 Å². The highest BCUT2D eigenvalue weighted by Crippen LogP contribution is 2.51. The Morgan fingerprint density at radius 3 is 2.30 bits per heavy atom. The monoisotopic (exact) mass is 470 g/mol. The number of benzene rings is 2. The third kappa shape index (κ3) is 5.19. The second kappa shape index (κ2) is 9.87. The van der Waals surface area contributed by atoms with Gasteiger partial charge in [-0.2, -0.15) is 13.2 Å². The van der Waals surface area contributed by atoms with Crippen LogP contribution in [0.25, 0.3) is 10.8 Å². The summed E-state index contributed by atoms with van der Waals surface area (Å²) in [4.78, 5) is 0. The fraction of sp³-hybridized carbons (Fsp3) is 0.630. The van der Waals surface area contributed by atoms with Gasteiger partial charge in [-0.1, -0.05) is 45.4 Å². The lowest BCUT2D eigenvalue weighted by atomic mass is 9.63. The molecule has 4 unspecified atom stereocenters. The van der Waals surface area contributed by atoms with E-state index in [0.29, 0.717) is 36.7 Å². The van der Waals surface area contributed by atoms with E-state index in [-0.39, 0.29) is 10.9 Å². The molecular formula is C27H32F6. The second-order valence-corrected chi connectivity index (χ2v) is 10.2. The Morgan fingerprint density at radius 2 is 1.58 bits per heavy atom.